The lowest BCUT2D eigenvalue weighted by molar-refractivity contribution is -0.130. The monoisotopic (exact) mass is 528 g/mol. The number of carbonyl (C=O) groups is 4. The van der Waals surface area contributed by atoms with Crippen molar-refractivity contribution in [2.45, 2.75) is 20.3 Å². The van der Waals surface area contributed by atoms with E-state index in [2.05, 4.69) is 15.2 Å². The minimum absolute atomic E-state index is 0.00448. The molecule has 1 aromatic heterocycles. The minimum atomic E-state index is -0.360. The molecule has 2 fully saturated rings. The molecule has 0 radical (unpaired) electrons. The van der Waals surface area contributed by atoms with Crippen molar-refractivity contribution < 1.29 is 23.9 Å². The maximum absolute atomic E-state index is 12.8. The average Bonchev–Trinajstić information content (AvgIpc) is 3.35. The van der Waals surface area contributed by atoms with E-state index in [4.69, 9.17) is 4.74 Å². The largest absolute Gasteiger partial charge is 0.450 e. The van der Waals surface area contributed by atoms with Crippen LogP contribution in [0.5, 0.6) is 0 Å². The Hall–Kier alpha value is -3.67. The molecule has 198 valence electrons. The van der Waals surface area contributed by atoms with Gasteiger partial charge in [0.15, 0.2) is 10.9 Å². The Labute approximate surface area is 220 Å². The van der Waals surface area contributed by atoms with Gasteiger partial charge >= 0.3 is 12.1 Å². The molecule has 4 rings (SSSR count). The molecule has 0 unspecified atom stereocenters. The van der Waals surface area contributed by atoms with E-state index in [1.54, 1.807) is 29.0 Å². The number of nitrogens with one attached hydrogen (secondary N) is 1. The first-order valence-corrected chi connectivity index (χ1v) is 13.3. The Morgan fingerprint density at radius 2 is 1.54 bits per heavy atom. The molecule has 0 atom stereocenters. The number of amides is 4. The Bertz CT molecular complexity index is 1120. The predicted octanol–water partition coefficient (Wildman–Crippen LogP) is 2.54. The fourth-order valence-electron chi connectivity index (χ4n) is 4.31. The number of thiazole rings is 1. The fourth-order valence-corrected chi connectivity index (χ4v) is 5.01. The maximum Gasteiger partial charge on any atom is 0.409 e. The van der Waals surface area contributed by atoms with Gasteiger partial charge in [-0.1, -0.05) is 0 Å². The number of rotatable bonds is 6. The molecule has 2 saturated heterocycles. The molecule has 0 aliphatic carbocycles. The SMILES string of the molecule is CCOC(=O)N1CCN(C(=O)Nc2nc(CC(=O)N3CCN(c4ccc(C(C)=O)cc4)CC3)cs2)CC1. The summed E-state index contributed by atoms with van der Waals surface area (Å²) in [5, 5.41) is 5.03. The van der Waals surface area contributed by atoms with Crippen molar-refractivity contribution in [2.75, 3.05) is 69.2 Å². The van der Waals surface area contributed by atoms with Gasteiger partial charge in [0.25, 0.3) is 0 Å². The minimum Gasteiger partial charge on any atom is -0.450 e. The van der Waals surface area contributed by atoms with E-state index >= 15 is 0 Å². The Morgan fingerprint density at radius 3 is 2.16 bits per heavy atom. The van der Waals surface area contributed by atoms with Crippen LogP contribution < -0.4 is 10.2 Å². The molecule has 1 N–H and O–H groups in total. The smallest absolute Gasteiger partial charge is 0.409 e. The van der Waals surface area contributed by atoms with Gasteiger partial charge in [0.2, 0.25) is 5.91 Å². The molecular weight excluding hydrogens is 496 g/mol. The van der Waals surface area contributed by atoms with E-state index in [0.717, 1.165) is 5.69 Å². The second-order valence-corrected chi connectivity index (χ2v) is 9.75. The zero-order valence-corrected chi connectivity index (χ0v) is 22.0. The number of piperazine rings is 2. The van der Waals surface area contributed by atoms with Crippen LogP contribution in [0.25, 0.3) is 0 Å². The summed E-state index contributed by atoms with van der Waals surface area (Å²) in [5.74, 6) is 0.0467. The normalized spacial score (nSPS) is 15.9. The van der Waals surface area contributed by atoms with E-state index in [0.29, 0.717) is 75.4 Å². The summed E-state index contributed by atoms with van der Waals surface area (Å²) in [6, 6.07) is 7.27. The van der Waals surface area contributed by atoms with E-state index in [1.165, 1.54) is 11.3 Å². The molecule has 2 aromatic rings. The molecule has 2 aliphatic heterocycles. The fraction of sp³-hybridized carbons (Fsp3) is 0.480. The van der Waals surface area contributed by atoms with Crippen LogP contribution in [0.3, 0.4) is 0 Å². The zero-order valence-electron chi connectivity index (χ0n) is 21.1. The molecule has 4 amide bonds. The highest BCUT2D eigenvalue weighted by atomic mass is 32.1. The number of carbonyl (C=O) groups excluding carboxylic acids is 4. The topological polar surface area (TPSA) is 115 Å². The molecule has 2 aliphatic rings. The first kappa shape index (κ1) is 26.4. The van der Waals surface area contributed by atoms with Crippen LogP contribution in [0.2, 0.25) is 0 Å². The Balaban J connectivity index is 1.21. The first-order valence-electron chi connectivity index (χ1n) is 12.4. The van der Waals surface area contributed by atoms with E-state index in [-0.39, 0.29) is 30.2 Å². The number of ketones is 1. The van der Waals surface area contributed by atoms with Gasteiger partial charge in [-0.05, 0) is 38.1 Å². The van der Waals surface area contributed by atoms with Crippen molar-refractivity contribution >= 4 is 46.0 Å². The number of aromatic nitrogens is 1. The van der Waals surface area contributed by atoms with Gasteiger partial charge in [0.1, 0.15) is 0 Å². The lowest BCUT2D eigenvalue weighted by Crippen LogP contribution is -2.51. The molecular formula is C25H32N6O5S. The average molecular weight is 529 g/mol. The van der Waals surface area contributed by atoms with Crippen molar-refractivity contribution in [3.63, 3.8) is 0 Å². The van der Waals surface area contributed by atoms with Crippen LogP contribution in [-0.4, -0.2) is 102 Å². The summed E-state index contributed by atoms with van der Waals surface area (Å²) in [6.07, 6.45) is -0.181. The number of hydrogen-bond donors (Lipinski definition) is 1. The number of benzene rings is 1. The lowest BCUT2D eigenvalue weighted by atomic mass is 10.1. The standard InChI is InChI=1S/C25H32N6O5S/c1-3-36-25(35)31-14-12-30(13-15-31)24(34)27-23-26-20(17-37-23)16-22(33)29-10-8-28(9-11-29)21-6-4-19(5-7-21)18(2)32/h4-7,17H,3,8-16H2,1-2H3,(H,26,27,34). The quantitative estimate of drug-likeness (QED) is 0.573. The number of Topliss-reactive ketones (excluding diaryl/α,β-unsaturated/α-hetero) is 1. The summed E-state index contributed by atoms with van der Waals surface area (Å²) < 4.78 is 5.00. The van der Waals surface area contributed by atoms with Crippen LogP contribution in [0.1, 0.15) is 29.9 Å². The number of urea groups is 1. The van der Waals surface area contributed by atoms with Gasteiger partial charge in [-0.2, -0.15) is 0 Å². The molecule has 0 bridgehead atoms. The summed E-state index contributed by atoms with van der Waals surface area (Å²) in [4.78, 5) is 60.4. The summed E-state index contributed by atoms with van der Waals surface area (Å²) in [5.41, 5.74) is 2.35. The van der Waals surface area contributed by atoms with Gasteiger partial charge in [-0.3, -0.25) is 14.9 Å². The highest BCUT2D eigenvalue weighted by molar-refractivity contribution is 7.13. The second kappa shape index (κ2) is 12.0. The van der Waals surface area contributed by atoms with Crippen LogP contribution in [-0.2, 0) is 16.0 Å². The van der Waals surface area contributed by atoms with Crippen molar-refractivity contribution in [3.8, 4) is 0 Å². The van der Waals surface area contributed by atoms with Crippen molar-refractivity contribution in [3.05, 3.63) is 40.9 Å². The van der Waals surface area contributed by atoms with E-state index < -0.39 is 0 Å². The second-order valence-electron chi connectivity index (χ2n) is 8.89. The maximum atomic E-state index is 12.8. The van der Waals surface area contributed by atoms with Gasteiger partial charge in [0, 0.05) is 69.0 Å². The Kier molecular flexibility index (Phi) is 8.59. The van der Waals surface area contributed by atoms with Crippen LogP contribution in [0.4, 0.5) is 20.4 Å². The molecule has 37 heavy (non-hydrogen) atoms. The van der Waals surface area contributed by atoms with Crippen molar-refractivity contribution in [1.29, 1.82) is 0 Å². The van der Waals surface area contributed by atoms with E-state index in [1.807, 2.05) is 29.2 Å². The molecule has 3 heterocycles. The third-order valence-electron chi connectivity index (χ3n) is 6.46. The lowest BCUT2D eigenvalue weighted by Gasteiger charge is -2.36. The summed E-state index contributed by atoms with van der Waals surface area (Å²) >= 11 is 1.29. The van der Waals surface area contributed by atoms with Crippen LogP contribution in [0.15, 0.2) is 29.6 Å². The molecule has 1 aromatic carbocycles. The zero-order chi connectivity index (χ0) is 26.4. The number of anilines is 2. The number of ether oxygens (including phenoxy) is 1. The van der Waals surface area contributed by atoms with Crippen molar-refractivity contribution in [2.24, 2.45) is 0 Å². The van der Waals surface area contributed by atoms with Crippen LogP contribution >= 0.6 is 11.3 Å². The predicted molar refractivity (Wildman–Crippen MR) is 140 cm³/mol. The van der Waals surface area contributed by atoms with Gasteiger partial charge in [-0.25, -0.2) is 14.6 Å². The van der Waals surface area contributed by atoms with Crippen molar-refractivity contribution in [1.82, 2.24) is 19.7 Å². The molecule has 0 saturated carbocycles. The molecule has 11 nitrogen and oxygen atoms in total. The molecule has 0 spiro atoms. The highest BCUT2D eigenvalue weighted by Gasteiger charge is 2.26. The van der Waals surface area contributed by atoms with Gasteiger partial charge in [-0.15, -0.1) is 11.3 Å². The highest BCUT2D eigenvalue weighted by Crippen LogP contribution is 2.20. The first-order chi connectivity index (χ1) is 17.8. The number of hydrogen-bond acceptors (Lipinski definition) is 8. The van der Waals surface area contributed by atoms with Crippen LogP contribution in [0, 0.1) is 0 Å². The third kappa shape index (κ3) is 6.76. The van der Waals surface area contributed by atoms with Gasteiger partial charge in [0.05, 0.1) is 18.7 Å². The van der Waals surface area contributed by atoms with Gasteiger partial charge < -0.3 is 24.3 Å². The van der Waals surface area contributed by atoms with E-state index in [9.17, 15) is 19.2 Å². The Morgan fingerprint density at radius 1 is 0.919 bits per heavy atom. The third-order valence-corrected chi connectivity index (χ3v) is 7.27. The number of nitrogens with zero attached hydrogens (tertiary/aromatic N) is 5. The summed E-state index contributed by atoms with van der Waals surface area (Å²) in [7, 11) is 0. The summed E-state index contributed by atoms with van der Waals surface area (Å²) in [6.45, 7) is 7.94. The molecule has 12 heteroatoms.